The lowest BCUT2D eigenvalue weighted by Gasteiger charge is -1.95. The Kier molecular flexibility index (Phi) is 2.03. The summed E-state index contributed by atoms with van der Waals surface area (Å²) in [5.41, 5.74) is 6.05. The molecule has 0 saturated heterocycles. The number of aromatic nitrogens is 1. The van der Waals surface area contributed by atoms with E-state index in [1.807, 2.05) is 0 Å². The van der Waals surface area contributed by atoms with Crippen molar-refractivity contribution in [3.8, 4) is 0 Å². The van der Waals surface area contributed by atoms with Crippen LogP contribution in [0.15, 0.2) is 18.3 Å². The largest absolute Gasteiger partial charge is 0.325 e. The third-order valence-electron chi connectivity index (χ3n) is 1.03. The average molecular weight is 143 g/mol. The van der Waals surface area contributed by atoms with Crippen LogP contribution < -0.4 is 5.73 Å². The fourth-order valence-corrected chi connectivity index (χ4v) is 0.767. The van der Waals surface area contributed by atoms with Crippen LogP contribution in [0.5, 0.6) is 0 Å². The molecule has 0 amide bonds. The highest BCUT2D eigenvalue weighted by molar-refractivity contribution is 6.31. The monoisotopic (exact) mass is 142 g/mol. The van der Waals surface area contributed by atoms with Crippen molar-refractivity contribution >= 4 is 11.6 Å². The number of hydrogen-bond donors (Lipinski definition) is 1. The first-order chi connectivity index (χ1) is 4.34. The number of pyridine rings is 1. The highest BCUT2D eigenvalue weighted by atomic mass is 35.5. The van der Waals surface area contributed by atoms with E-state index in [1.165, 1.54) is 0 Å². The van der Waals surface area contributed by atoms with Crippen LogP contribution in [0, 0.1) is 0 Å². The van der Waals surface area contributed by atoms with Crippen molar-refractivity contribution in [2.24, 2.45) is 5.73 Å². The molecule has 0 aliphatic heterocycles. The highest BCUT2D eigenvalue weighted by Gasteiger charge is 1.94. The molecule has 0 atom stereocenters. The van der Waals surface area contributed by atoms with Gasteiger partial charge in [0, 0.05) is 12.7 Å². The van der Waals surface area contributed by atoms with E-state index in [1.54, 1.807) is 18.3 Å². The maximum absolute atomic E-state index is 5.68. The standard InChI is InChI=1S/C6H7ClN2/c7-5-2-1-3-9-6(5)4-8/h1-3H,4,8H2. The molecule has 0 fully saturated rings. The van der Waals surface area contributed by atoms with Crippen LogP contribution in [-0.2, 0) is 6.54 Å². The lowest BCUT2D eigenvalue weighted by Crippen LogP contribution is -1.99. The minimum atomic E-state index is 0.402. The van der Waals surface area contributed by atoms with Gasteiger partial charge in [0.1, 0.15) is 0 Å². The Hall–Kier alpha value is -0.600. The molecule has 0 unspecified atom stereocenters. The predicted octanol–water partition coefficient (Wildman–Crippen LogP) is 1.19. The quantitative estimate of drug-likeness (QED) is 0.640. The molecule has 0 radical (unpaired) electrons. The Morgan fingerprint density at radius 3 is 2.89 bits per heavy atom. The number of halogens is 1. The van der Waals surface area contributed by atoms with Crippen molar-refractivity contribution in [2.45, 2.75) is 6.54 Å². The summed E-state index contributed by atoms with van der Waals surface area (Å²) in [6, 6.07) is 3.55. The molecule has 0 aromatic carbocycles. The maximum Gasteiger partial charge on any atom is 0.0725 e. The summed E-state index contributed by atoms with van der Waals surface area (Å²) < 4.78 is 0. The molecular formula is C6H7ClN2. The molecule has 2 N–H and O–H groups in total. The fourth-order valence-electron chi connectivity index (χ4n) is 0.569. The first-order valence-electron chi connectivity index (χ1n) is 2.64. The van der Waals surface area contributed by atoms with Gasteiger partial charge in [-0.15, -0.1) is 0 Å². The lowest BCUT2D eigenvalue weighted by atomic mass is 10.3. The van der Waals surface area contributed by atoms with Gasteiger partial charge in [-0.2, -0.15) is 0 Å². The molecule has 0 aliphatic carbocycles. The van der Waals surface area contributed by atoms with Gasteiger partial charge in [0.2, 0.25) is 0 Å². The van der Waals surface area contributed by atoms with E-state index in [-0.39, 0.29) is 0 Å². The molecule has 0 aliphatic rings. The molecule has 0 spiro atoms. The predicted molar refractivity (Wildman–Crippen MR) is 37.1 cm³/mol. The fraction of sp³-hybridized carbons (Fsp3) is 0.167. The molecule has 9 heavy (non-hydrogen) atoms. The Balaban J connectivity index is 3.01. The second kappa shape index (κ2) is 2.80. The zero-order chi connectivity index (χ0) is 6.69. The highest BCUT2D eigenvalue weighted by Crippen LogP contribution is 2.09. The van der Waals surface area contributed by atoms with E-state index < -0.39 is 0 Å². The van der Waals surface area contributed by atoms with Gasteiger partial charge in [-0.1, -0.05) is 11.6 Å². The van der Waals surface area contributed by atoms with E-state index >= 15 is 0 Å². The Morgan fingerprint density at radius 1 is 1.67 bits per heavy atom. The van der Waals surface area contributed by atoms with Crippen molar-refractivity contribution in [2.75, 3.05) is 0 Å². The van der Waals surface area contributed by atoms with Crippen LogP contribution in [0.3, 0.4) is 0 Å². The normalized spacial score (nSPS) is 9.56. The van der Waals surface area contributed by atoms with Gasteiger partial charge in [-0.05, 0) is 12.1 Å². The smallest absolute Gasteiger partial charge is 0.0725 e. The van der Waals surface area contributed by atoms with Gasteiger partial charge in [-0.25, -0.2) is 0 Å². The number of hydrogen-bond acceptors (Lipinski definition) is 2. The Morgan fingerprint density at radius 2 is 2.44 bits per heavy atom. The van der Waals surface area contributed by atoms with Gasteiger partial charge in [0.05, 0.1) is 10.7 Å². The third-order valence-corrected chi connectivity index (χ3v) is 1.37. The van der Waals surface area contributed by atoms with Crippen LogP contribution in [0.1, 0.15) is 5.69 Å². The molecular weight excluding hydrogens is 136 g/mol. The first-order valence-corrected chi connectivity index (χ1v) is 3.02. The number of nitrogens with two attached hydrogens (primary N) is 1. The van der Waals surface area contributed by atoms with Crippen molar-refractivity contribution in [1.82, 2.24) is 4.98 Å². The zero-order valence-electron chi connectivity index (χ0n) is 4.84. The minimum Gasteiger partial charge on any atom is -0.325 e. The van der Waals surface area contributed by atoms with E-state index in [0.29, 0.717) is 11.6 Å². The molecule has 0 bridgehead atoms. The van der Waals surface area contributed by atoms with Gasteiger partial charge < -0.3 is 5.73 Å². The van der Waals surface area contributed by atoms with E-state index in [4.69, 9.17) is 17.3 Å². The summed E-state index contributed by atoms with van der Waals surface area (Å²) in [6.07, 6.45) is 1.67. The van der Waals surface area contributed by atoms with Crippen molar-refractivity contribution in [3.05, 3.63) is 29.0 Å². The maximum atomic E-state index is 5.68. The van der Waals surface area contributed by atoms with Crippen molar-refractivity contribution < 1.29 is 0 Å². The summed E-state index contributed by atoms with van der Waals surface area (Å²) in [5.74, 6) is 0. The molecule has 0 saturated carbocycles. The molecule has 1 heterocycles. The summed E-state index contributed by atoms with van der Waals surface area (Å²) >= 11 is 5.68. The van der Waals surface area contributed by atoms with Crippen LogP contribution >= 0.6 is 11.6 Å². The second-order valence-electron chi connectivity index (χ2n) is 1.64. The van der Waals surface area contributed by atoms with Crippen molar-refractivity contribution in [3.63, 3.8) is 0 Å². The summed E-state index contributed by atoms with van der Waals surface area (Å²) in [7, 11) is 0. The SMILES string of the molecule is NCc1ncccc1Cl. The van der Waals surface area contributed by atoms with Gasteiger partial charge in [0.25, 0.3) is 0 Å². The molecule has 48 valence electrons. The van der Waals surface area contributed by atoms with Crippen molar-refractivity contribution in [1.29, 1.82) is 0 Å². The third kappa shape index (κ3) is 1.40. The summed E-state index contributed by atoms with van der Waals surface area (Å²) in [6.45, 7) is 0.402. The summed E-state index contributed by atoms with van der Waals surface area (Å²) in [5, 5.41) is 0.639. The lowest BCUT2D eigenvalue weighted by molar-refractivity contribution is 0.991. The number of nitrogens with zero attached hydrogens (tertiary/aromatic N) is 1. The number of rotatable bonds is 1. The van der Waals surface area contributed by atoms with E-state index in [9.17, 15) is 0 Å². The van der Waals surface area contributed by atoms with Crippen LogP contribution in [0.4, 0.5) is 0 Å². The van der Waals surface area contributed by atoms with Gasteiger partial charge in [0.15, 0.2) is 0 Å². The van der Waals surface area contributed by atoms with Gasteiger partial charge in [-0.3, -0.25) is 4.98 Å². The molecule has 1 aromatic heterocycles. The topological polar surface area (TPSA) is 38.9 Å². The van der Waals surface area contributed by atoms with Crippen LogP contribution in [0.25, 0.3) is 0 Å². The van der Waals surface area contributed by atoms with Gasteiger partial charge >= 0.3 is 0 Å². The first kappa shape index (κ1) is 6.52. The van der Waals surface area contributed by atoms with E-state index in [0.717, 1.165) is 5.69 Å². The second-order valence-corrected chi connectivity index (χ2v) is 2.04. The molecule has 3 heteroatoms. The molecule has 1 rings (SSSR count). The zero-order valence-corrected chi connectivity index (χ0v) is 5.60. The minimum absolute atomic E-state index is 0.402. The molecule has 2 nitrogen and oxygen atoms in total. The summed E-state index contributed by atoms with van der Waals surface area (Å²) in [4.78, 5) is 3.94. The Labute approximate surface area is 58.7 Å². The van der Waals surface area contributed by atoms with Crippen LogP contribution in [0.2, 0.25) is 5.02 Å². The average Bonchev–Trinajstić information content (AvgIpc) is 1.89. The van der Waals surface area contributed by atoms with E-state index in [2.05, 4.69) is 4.98 Å². The van der Waals surface area contributed by atoms with Crippen LogP contribution in [-0.4, -0.2) is 4.98 Å². The Bertz CT molecular complexity index is 200. The molecule has 1 aromatic rings.